The fourth-order valence-corrected chi connectivity index (χ4v) is 3.88. The number of carbonyl (C=O) groups excluding carboxylic acids is 2. The van der Waals surface area contributed by atoms with E-state index < -0.39 is 17.7 Å². The predicted octanol–water partition coefficient (Wildman–Crippen LogP) is 5.02. The lowest BCUT2D eigenvalue weighted by Crippen LogP contribution is -2.29. The number of aryl methyl sites for hydroxylation is 1. The van der Waals surface area contributed by atoms with Crippen LogP contribution in [0.25, 0.3) is 5.76 Å². The molecule has 0 spiro atoms. The number of ketones is 1. The zero-order chi connectivity index (χ0) is 22.0. The van der Waals surface area contributed by atoms with Crippen LogP contribution in [0.15, 0.2) is 84.4 Å². The molecule has 0 aromatic heterocycles. The largest absolute Gasteiger partial charge is 0.507 e. The van der Waals surface area contributed by atoms with Gasteiger partial charge in [-0.05, 0) is 43.7 Å². The number of hydrogen-bond acceptors (Lipinski definition) is 4. The van der Waals surface area contributed by atoms with Crippen LogP contribution in [0.3, 0.4) is 0 Å². The van der Waals surface area contributed by atoms with Crippen molar-refractivity contribution in [1.82, 2.24) is 0 Å². The molecule has 31 heavy (non-hydrogen) atoms. The van der Waals surface area contributed by atoms with Gasteiger partial charge in [-0.2, -0.15) is 0 Å². The Morgan fingerprint density at radius 1 is 0.968 bits per heavy atom. The van der Waals surface area contributed by atoms with Gasteiger partial charge in [0.15, 0.2) is 0 Å². The molecule has 1 fully saturated rings. The number of hydrogen-bond donors (Lipinski definition) is 1. The molecule has 1 atom stereocenters. The van der Waals surface area contributed by atoms with Gasteiger partial charge in [0.05, 0.1) is 18.2 Å². The maximum absolute atomic E-state index is 13.1. The van der Waals surface area contributed by atoms with Crippen molar-refractivity contribution in [3.05, 3.63) is 101 Å². The van der Waals surface area contributed by atoms with Gasteiger partial charge in [0.2, 0.25) is 0 Å². The fourth-order valence-electron chi connectivity index (χ4n) is 3.88. The van der Waals surface area contributed by atoms with Gasteiger partial charge in [-0.1, -0.05) is 60.2 Å². The van der Waals surface area contributed by atoms with Crippen LogP contribution in [0.1, 0.15) is 29.7 Å². The first kappa shape index (κ1) is 20.4. The summed E-state index contributed by atoms with van der Waals surface area (Å²) in [6, 6.07) is 22.7. The van der Waals surface area contributed by atoms with E-state index in [2.05, 4.69) is 0 Å². The molecule has 156 valence electrons. The Bertz CT molecular complexity index is 1150. The molecule has 0 saturated carbocycles. The summed E-state index contributed by atoms with van der Waals surface area (Å²) >= 11 is 0. The van der Waals surface area contributed by atoms with E-state index in [4.69, 9.17) is 4.74 Å². The van der Waals surface area contributed by atoms with E-state index in [1.807, 2.05) is 44.2 Å². The lowest BCUT2D eigenvalue weighted by atomic mass is 9.94. The quantitative estimate of drug-likeness (QED) is 0.362. The number of Topliss-reactive ketones (excluding diaryl/α,β-unsaturated/α-hetero) is 1. The number of rotatable bonds is 5. The summed E-state index contributed by atoms with van der Waals surface area (Å²) in [5, 5.41) is 11.0. The molecule has 0 radical (unpaired) electrons. The lowest BCUT2D eigenvalue weighted by Gasteiger charge is -2.26. The first-order chi connectivity index (χ1) is 15.0. The van der Waals surface area contributed by atoms with Crippen LogP contribution in [0.2, 0.25) is 0 Å². The van der Waals surface area contributed by atoms with Crippen molar-refractivity contribution < 1.29 is 19.4 Å². The third kappa shape index (κ3) is 3.82. The van der Waals surface area contributed by atoms with E-state index in [1.54, 1.807) is 48.5 Å². The van der Waals surface area contributed by atoms with E-state index in [1.165, 1.54) is 4.90 Å². The van der Waals surface area contributed by atoms with Crippen LogP contribution in [-0.4, -0.2) is 23.4 Å². The van der Waals surface area contributed by atoms with Crippen molar-refractivity contribution in [1.29, 1.82) is 0 Å². The molecule has 5 nitrogen and oxygen atoms in total. The molecule has 4 rings (SSSR count). The van der Waals surface area contributed by atoms with E-state index >= 15 is 0 Å². The molecule has 1 unspecified atom stereocenters. The number of anilines is 1. The highest BCUT2D eigenvalue weighted by molar-refractivity contribution is 6.51. The predicted molar refractivity (Wildman–Crippen MR) is 120 cm³/mol. The van der Waals surface area contributed by atoms with Crippen LogP contribution < -0.4 is 9.64 Å². The molecule has 0 aliphatic carbocycles. The summed E-state index contributed by atoms with van der Waals surface area (Å²) < 4.78 is 5.50. The van der Waals surface area contributed by atoms with Gasteiger partial charge in [-0.3, -0.25) is 14.5 Å². The summed E-state index contributed by atoms with van der Waals surface area (Å²) in [6.45, 7) is 4.38. The average Bonchev–Trinajstić information content (AvgIpc) is 3.05. The second-order valence-electron chi connectivity index (χ2n) is 7.38. The highest BCUT2D eigenvalue weighted by Crippen LogP contribution is 2.42. The van der Waals surface area contributed by atoms with Gasteiger partial charge in [0.25, 0.3) is 11.7 Å². The maximum Gasteiger partial charge on any atom is 0.300 e. The number of aliphatic hydroxyl groups excluding tert-OH is 1. The first-order valence-corrected chi connectivity index (χ1v) is 10.2. The van der Waals surface area contributed by atoms with Crippen LogP contribution in [0.4, 0.5) is 5.69 Å². The molecule has 1 N–H and O–H groups in total. The highest BCUT2D eigenvalue weighted by Gasteiger charge is 2.46. The van der Waals surface area contributed by atoms with Crippen molar-refractivity contribution in [3.63, 3.8) is 0 Å². The molecular weight excluding hydrogens is 390 g/mol. The second-order valence-corrected chi connectivity index (χ2v) is 7.38. The van der Waals surface area contributed by atoms with Gasteiger partial charge in [0.1, 0.15) is 11.5 Å². The number of amides is 1. The molecule has 3 aromatic carbocycles. The fraction of sp³-hybridized carbons (Fsp3) is 0.154. The zero-order valence-corrected chi connectivity index (χ0v) is 17.4. The minimum atomic E-state index is -0.738. The van der Waals surface area contributed by atoms with Crippen LogP contribution >= 0.6 is 0 Å². The molecule has 1 amide bonds. The Labute approximate surface area is 181 Å². The Hall–Kier alpha value is -3.86. The molecule has 0 bridgehead atoms. The van der Waals surface area contributed by atoms with Gasteiger partial charge >= 0.3 is 0 Å². The van der Waals surface area contributed by atoms with Crippen LogP contribution in [0, 0.1) is 6.92 Å². The van der Waals surface area contributed by atoms with Crippen molar-refractivity contribution >= 4 is 23.1 Å². The number of carbonyl (C=O) groups is 2. The van der Waals surface area contributed by atoms with Crippen LogP contribution in [-0.2, 0) is 9.59 Å². The SMILES string of the molecule is CCOc1ccc(N2C(=O)C(=O)/C(=C(\O)c3ccccc3)C2c2cccc(C)c2)cc1. The highest BCUT2D eigenvalue weighted by atomic mass is 16.5. The average molecular weight is 413 g/mol. The second kappa shape index (κ2) is 8.48. The first-order valence-electron chi connectivity index (χ1n) is 10.2. The van der Waals surface area contributed by atoms with Crippen molar-refractivity contribution in [2.45, 2.75) is 19.9 Å². The van der Waals surface area contributed by atoms with Crippen molar-refractivity contribution in [3.8, 4) is 5.75 Å². The van der Waals surface area contributed by atoms with Gasteiger partial charge in [-0.15, -0.1) is 0 Å². The Morgan fingerprint density at radius 2 is 1.68 bits per heavy atom. The molecule has 1 heterocycles. The zero-order valence-electron chi connectivity index (χ0n) is 17.4. The van der Waals surface area contributed by atoms with Gasteiger partial charge in [0, 0.05) is 11.3 Å². The number of nitrogens with zero attached hydrogens (tertiary/aromatic N) is 1. The smallest absolute Gasteiger partial charge is 0.300 e. The monoisotopic (exact) mass is 413 g/mol. The van der Waals surface area contributed by atoms with Gasteiger partial charge in [-0.25, -0.2) is 0 Å². The number of benzene rings is 3. The third-order valence-corrected chi connectivity index (χ3v) is 5.28. The molecule has 1 aliphatic heterocycles. The minimum Gasteiger partial charge on any atom is -0.507 e. The normalized spacial score (nSPS) is 17.7. The summed E-state index contributed by atoms with van der Waals surface area (Å²) in [5.41, 5.74) is 2.88. The van der Waals surface area contributed by atoms with Crippen molar-refractivity contribution in [2.75, 3.05) is 11.5 Å². The molecule has 1 saturated heterocycles. The van der Waals surface area contributed by atoms with Crippen molar-refractivity contribution in [2.24, 2.45) is 0 Å². The van der Waals surface area contributed by atoms with E-state index in [0.29, 0.717) is 23.6 Å². The number of ether oxygens (including phenoxy) is 1. The summed E-state index contributed by atoms with van der Waals surface area (Å²) in [4.78, 5) is 27.7. The Balaban J connectivity index is 1.90. The van der Waals surface area contributed by atoms with E-state index in [0.717, 1.165) is 11.1 Å². The Morgan fingerprint density at radius 3 is 2.32 bits per heavy atom. The summed E-state index contributed by atoms with van der Waals surface area (Å²) in [6.07, 6.45) is 0. The standard InChI is InChI=1S/C26H23NO4/c1-3-31-21-14-12-20(13-15-21)27-23(19-11-7-8-17(2)16-19)22(25(29)26(27)30)24(28)18-9-5-4-6-10-18/h4-16,23,28H,3H2,1-2H3/b24-22-. The van der Waals surface area contributed by atoms with E-state index in [9.17, 15) is 14.7 Å². The van der Waals surface area contributed by atoms with E-state index in [-0.39, 0.29) is 11.3 Å². The molecule has 3 aromatic rings. The molecule has 5 heteroatoms. The summed E-state index contributed by atoms with van der Waals surface area (Å²) in [5.74, 6) is -0.881. The third-order valence-electron chi connectivity index (χ3n) is 5.28. The minimum absolute atomic E-state index is 0.0793. The lowest BCUT2D eigenvalue weighted by molar-refractivity contribution is -0.132. The maximum atomic E-state index is 13.1. The van der Waals surface area contributed by atoms with Crippen LogP contribution in [0.5, 0.6) is 5.75 Å². The molecule has 1 aliphatic rings. The van der Waals surface area contributed by atoms with Gasteiger partial charge < -0.3 is 9.84 Å². The topological polar surface area (TPSA) is 66.8 Å². The number of aliphatic hydroxyl groups is 1. The summed E-state index contributed by atoms with van der Waals surface area (Å²) in [7, 11) is 0. The molecular formula is C26H23NO4. The Kier molecular flexibility index (Phi) is 5.58.